The molecule has 2 aromatic rings. The van der Waals surface area contributed by atoms with Crippen LogP contribution < -0.4 is 10.2 Å². The van der Waals surface area contributed by atoms with Crippen LogP contribution in [0, 0.1) is 0 Å². The van der Waals surface area contributed by atoms with E-state index in [0.29, 0.717) is 16.3 Å². The second-order valence-corrected chi connectivity index (χ2v) is 7.01. The van der Waals surface area contributed by atoms with E-state index >= 15 is 0 Å². The number of carbonyl (C=O) groups is 2. The van der Waals surface area contributed by atoms with Crippen molar-refractivity contribution in [3.05, 3.63) is 65.2 Å². The Labute approximate surface area is 169 Å². The summed E-state index contributed by atoms with van der Waals surface area (Å²) in [6.45, 7) is 1.80. The molecule has 6 heteroatoms. The van der Waals surface area contributed by atoms with E-state index in [1.54, 1.807) is 24.3 Å². The molecule has 0 aromatic heterocycles. The molecule has 1 saturated heterocycles. The first-order valence-electron chi connectivity index (χ1n) is 9.36. The first kappa shape index (κ1) is 20.0. The number of hydrogen-bond donors (Lipinski definition) is 1. The number of nitrogens with one attached hydrogen (secondary N) is 1. The number of anilines is 2. The molecule has 1 aliphatic heterocycles. The maximum absolute atomic E-state index is 12.0. The fourth-order valence-electron chi connectivity index (χ4n) is 3.06. The van der Waals surface area contributed by atoms with Crippen LogP contribution in [0.4, 0.5) is 11.4 Å². The van der Waals surface area contributed by atoms with Crippen molar-refractivity contribution in [2.45, 2.75) is 19.3 Å². The minimum Gasteiger partial charge on any atom is -0.452 e. The molecule has 0 atom stereocenters. The highest BCUT2D eigenvalue weighted by Gasteiger charge is 2.11. The summed E-state index contributed by atoms with van der Waals surface area (Å²) in [5.41, 5.74) is 2.54. The van der Waals surface area contributed by atoms with Gasteiger partial charge in [0.25, 0.3) is 5.91 Å². The average Bonchev–Trinajstić information content (AvgIpc) is 2.73. The van der Waals surface area contributed by atoms with Gasteiger partial charge < -0.3 is 15.0 Å². The van der Waals surface area contributed by atoms with E-state index in [2.05, 4.69) is 10.2 Å². The number of nitrogens with zero attached hydrogens (tertiary/aromatic N) is 1. The van der Waals surface area contributed by atoms with Gasteiger partial charge in [-0.05, 0) is 61.2 Å². The van der Waals surface area contributed by atoms with Crippen LogP contribution in [-0.4, -0.2) is 31.6 Å². The predicted molar refractivity (Wildman–Crippen MR) is 113 cm³/mol. The molecular formula is C22H23ClN2O3. The van der Waals surface area contributed by atoms with Crippen LogP contribution in [0.15, 0.2) is 54.6 Å². The Morgan fingerprint density at radius 2 is 1.75 bits per heavy atom. The number of hydrogen-bond acceptors (Lipinski definition) is 4. The molecule has 0 spiro atoms. The summed E-state index contributed by atoms with van der Waals surface area (Å²) in [7, 11) is 0. The lowest BCUT2D eigenvalue weighted by molar-refractivity contribution is -0.142. The smallest absolute Gasteiger partial charge is 0.331 e. The largest absolute Gasteiger partial charge is 0.452 e. The third kappa shape index (κ3) is 5.86. The van der Waals surface area contributed by atoms with Gasteiger partial charge in [0.15, 0.2) is 6.61 Å². The van der Waals surface area contributed by atoms with Crippen LogP contribution >= 0.6 is 11.6 Å². The second kappa shape index (κ2) is 9.95. The van der Waals surface area contributed by atoms with Gasteiger partial charge in [-0.1, -0.05) is 29.8 Å². The maximum atomic E-state index is 12.0. The average molecular weight is 399 g/mol. The Morgan fingerprint density at radius 1 is 1.04 bits per heavy atom. The van der Waals surface area contributed by atoms with Crippen molar-refractivity contribution in [1.29, 1.82) is 0 Å². The lowest BCUT2D eigenvalue weighted by Gasteiger charge is -2.28. The topological polar surface area (TPSA) is 58.6 Å². The molecule has 1 heterocycles. The highest BCUT2D eigenvalue weighted by molar-refractivity contribution is 6.32. The Kier molecular flexibility index (Phi) is 7.09. The quantitative estimate of drug-likeness (QED) is 0.574. The third-order valence-electron chi connectivity index (χ3n) is 4.52. The number of benzene rings is 2. The van der Waals surface area contributed by atoms with Crippen molar-refractivity contribution in [1.82, 2.24) is 0 Å². The van der Waals surface area contributed by atoms with E-state index in [4.69, 9.17) is 16.3 Å². The first-order valence-corrected chi connectivity index (χ1v) is 9.74. The van der Waals surface area contributed by atoms with E-state index in [-0.39, 0.29) is 12.5 Å². The summed E-state index contributed by atoms with van der Waals surface area (Å²) in [6, 6.07) is 14.9. The fourth-order valence-corrected chi connectivity index (χ4v) is 3.26. The molecule has 5 nitrogen and oxygen atoms in total. The van der Waals surface area contributed by atoms with Gasteiger partial charge in [-0.15, -0.1) is 0 Å². The SMILES string of the molecule is O=C(COC(=O)C=Cc1ccccc1Cl)Nc1ccc(N2CCCCC2)cc1. The number of halogens is 1. The normalized spacial score (nSPS) is 14.1. The van der Waals surface area contributed by atoms with E-state index in [0.717, 1.165) is 18.8 Å². The standard InChI is InChI=1S/C22H23ClN2O3/c23-20-7-3-2-6-17(20)8-13-22(27)28-16-21(26)24-18-9-11-19(12-10-18)25-14-4-1-5-15-25/h2-3,6-13H,1,4-5,14-16H2,(H,24,26). The van der Waals surface area contributed by atoms with Gasteiger partial charge in [-0.2, -0.15) is 0 Å². The molecule has 1 fully saturated rings. The summed E-state index contributed by atoms with van der Waals surface area (Å²) in [5.74, 6) is -0.985. The van der Waals surface area contributed by atoms with Gasteiger partial charge in [-0.25, -0.2) is 4.79 Å². The first-order chi connectivity index (χ1) is 13.6. The van der Waals surface area contributed by atoms with Gasteiger partial charge in [0.2, 0.25) is 0 Å². The monoisotopic (exact) mass is 398 g/mol. The number of ether oxygens (including phenoxy) is 1. The minimum atomic E-state index is -0.601. The zero-order valence-corrected chi connectivity index (χ0v) is 16.3. The molecule has 0 aliphatic carbocycles. The number of amides is 1. The third-order valence-corrected chi connectivity index (χ3v) is 4.87. The lowest BCUT2D eigenvalue weighted by atomic mass is 10.1. The summed E-state index contributed by atoms with van der Waals surface area (Å²) in [4.78, 5) is 26.1. The van der Waals surface area contributed by atoms with Crippen LogP contribution in [0.5, 0.6) is 0 Å². The fraction of sp³-hybridized carbons (Fsp3) is 0.273. The summed E-state index contributed by atoms with van der Waals surface area (Å²) < 4.78 is 4.97. The molecule has 1 amide bonds. The molecule has 0 radical (unpaired) electrons. The zero-order valence-electron chi connectivity index (χ0n) is 15.6. The highest BCUT2D eigenvalue weighted by atomic mass is 35.5. The molecule has 3 rings (SSSR count). The predicted octanol–water partition coefficient (Wildman–Crippen LogP) is 4.53. The van der Waals surface area contributed by atoms with Crippen molar-refractivity contribution in [3.63, 3.8) is 0 Å². The van der Waals surface area contributed by atoms with Crippen molar-refractivity contribution in [3.8, 4) is 0 Å². The van der Waals surface area contributed by atoms with Crippen LogP contribution in [0.25, 0.3) is 6.08 Å². The van der Waals surface area contributed by atoms with Crippen LogP contribution in [0.2, 0.25) is 5.02 Å². The summed E-state index contributed by atoms with van der Waals surface area (Å²) in [6.07, 6.45) is 6.53. The van der Waals surface area contributed by atoms with E-state index < -0.39 is 5.97 Å². The zero-order chi connectivity index (χ0) is 19.8. The van der Waals surface area contributed by atoms with Gasteiger partial charge in [-0.3, -0.25) is 4.79 Å². The van der Waals surface area contributed by atoms with Gasteiger partial charge in [0.05, 0.1) is 0 Å². The van der Waals surface area contributed by atoms with Crippen molar-refractivity contribution in [2.24, 2.45) is 0 Å². The number of carbonyl (C=O) groups excluding carboxylic acids is 2. The molecule has 0 unspecified atom stereocenters. The molecule has 0 bridgehead atoms. The Bertz CT molecular complexity index is 843. The minimum absolute atomic E-state index is 0.348. The van der Waals surface area contributed by atoms with Crippen molar-refractivity contribution >= 4 is 40.9 Å². The molecule has 0 saturated carbocycles. The number of esters is 1. The van der Waals surface area contributed by atoms with Crippen molar-refractivity contribution in [2.75, 3.05) is 29.9 Å². The molecule has 1 aliphatic rings. The van der Waals surface area contributed by atoms with Gasteiger partial charge in [0, 0.05) is 35.6 Å². The molecule has 1 N–H and O–H groups in total. The molecule has 28 heavy (non-hydrogen) atoms. The summed E-state index contributed by atoms with van der Waals surface area (Å²) >= 11 is 6.02. The second-order valence-electron chi connectivity index (χ2n) is 6.61. The molecular weight excluding hydrogens is 376 g/mol. The Hall–Kier alpha value is -2.79. The van der Waals surface area contributed by atoms with Crippen LogP contribution in [0.1, 0.15) is 24.8 Å². The molecule has 2 aromatic carbocycles. The Morgan fingerprint density at radius 3 is 2.46 bits per heavy atom. The van der Waals surface area contributed by atoms with Crippen LogP contribution in [-0.2, 0) is 14.3 Å². The maximum Gasteiger partial charge on any atom is 0.331 e. The van der Waals surface area contributed by atoms with Crippen LogP contribution in [0.3, 0.4) is 0 Å². The molecule has 146 valence electrons. The highest BCUT2D eigenvalue weighted by Crippen LogP contribution is 2.21. The number of rotatable bonds is 6. The summed E-state index contributed by atoms with van der Waals surface area (Å²) in [5, 5.41) is 3.27. The van der Waals surface area contributed by atoms with E-state index in [1.807, 2.05) is 30.3 Å². The van der Waals surface area contributed by atoms with E-state index in [1.165, 1.54) is 25.3 Å². The van der Waals surface area contributed by atoms with Crippen molar-refractivity contribution < 1.29 is 14.3 Å². The number of piperidine rings is 1. The van der Waals surface area contributed by atoms with Gasteiger partial charge in [0.1, 0.15) is 0 Å². The van der Waals surface area contributed by atoms with Gasteiger partial charge >= 0.3 is 5.97 Å². The lowest BCUT2D eigenvalue weighted by Crippen LogP contribution is -2.29. The van der Waals surface area contributed by atoms with E-state index in [9.17, 15) is 9.59 Å². The Balaban J connectivity index is 1.45.